The molecule has 2 aromatic rings. The zero-order chi connectivity index (χ0) is 13.9. The number of amides is 1. The fourth-order valence-electron chi connectivity index (χ4n) is 2.49. The molecule has 0 fully saturated rings. The summed E-state index contributed by atoms with van der Waals surface area (Å²) < 4.78 is 5.47. The van der Waals surface area contributed by atoms with Crippen LogP contribution >= 0.6 is 0 Å². The standard InChI is InChI=1S/C14H16N4O2/c1-15-12-13-10(3-7-20-13)2-6-18(14(12)19)9-11-8-16-4-5-17-11/h3-5,7-8,12,15H,2,6,9H2,1H3. The van der Waals surface area contributed by atoms with Crippen LogP contribution in [0.15, 0.2) is 35.3 Å². The molecule has 3 heterocycles. The summed E-state index contributed by atoms with van der Waals surface area (Å²) in [6, 6.07) is 1.50. The number of nitrogens with one attached hydrogen (secondary N) is 1. The van der Waals surface area contributed by atoms with Gasteiger partial charge in [0, 0.05) is 18.9 Å². The highest BCUT2D eigenvalue weighted by molar-refractivity contribution is 5.83. The molecule has 1 amide bonds. The number of fused-ring (bicyclic) bond motifs is 1. The maximum atomic E-state index is 12.6. The third-order valence-electron chi connectivity index (χ3n) is 3.51. The van der Waals surface area contributed by atoms with Crippen molar-refractivity contribution in [3.8, 4) is 0 Å². The Balaban J connectivity index is 1.84. The van der Waals surface area contributed by atoms with Crippen LogP contribution in [-0.4, -0.2) is 34.4 Å². The van der Waals surface area contributed by atoms with Crippen LogP contribution in [0.3, 0.4) is 0 Å². The summed E-state index contributed by atoms with van der Waals surface area (Å²) in [5.74, 6) is 0.728. The maximum absolute atomic E-state index is 12.6. The second-order valence-electron chi connectivity index (χ2n) is 4.74. The predicted molar refractivity (Wildman–Crippen MR) is 71.7 cm³/mol. The first-order valence-corrected chi connectivity index (χ1v) is 6.57. The summed E-state index contributed by atoms with van der Waals surface area (Å²) >= 11 is 0. The van der Waals surface area contributed by atoms with E-state index in [2.05, 4.69) is 15.3 Å². The number of aromatic nitrogens is 2. The van der Waals surface area contributed by atoms with E-state index >= 15 is 0 Å². The maximum Gasteiger partial charge on any atom is 0.247 e. The molecule has 0 aliphatic carbocycles. The molecule has 6 heteroatoms. The minimum Gasteiger partial charge on any atom is -0.467 e. The van der Waals surface area contributed by atoms with E-state index in [1.165, 1.54) is 0 Å². The lowest BCUT2D eigenvalue weighted by molar-refractivity contribution is -0.134. The van der Waals surface area contributed by atoms with Crippen LogP contribution < -0.4 is 5.32 Å². The van der Waals surface area contributed by atoms with Crippen molar-refractivity contribution in [3.05, 3.63) is 47.9 Å². The molecule has 1 aliphatic rings. The molecule has 104 valence electrons. The van der Waals surface area contributed by atoms with Crippen LogP contribution in [0.1, 0.15) is 23.1 Å². The van der Waals surface area contributed by atoms with E-state index in [9.17, 15) is 4.79 Å². The molecule has 1 aliphatic heterocycles. The summed E-state index contributed by atoms with van der Waals surface area (Å²) in [5.41, 5.74) is 1.87. The number of hydrogen-bond donors (Lipinski definition) is 1. The van der Waals surface area contributed by atoms with Gasteiger partial charge in [0.15, 0.2) is 0 Å². The Kier molecular flexibility index (Phi) is 3.47. The molecule has 20 heavy (non-hydrogen) atoms. The summed E-state index contributed by atoms with van der Waals surface area (Å²) in [6.45, 7) is 1.12. The first-order valence-electron chi connectivity index (χ1n) is 6.57. The molecule has 1 unspecified atom stereocenters. The molecule has 0 bridgehead atoms. The molecular weight excluding hydrogens is 256 g/mol. The molecule has 3 rings (SSSR count). The van der Waals surface area contributed by atoms with Crippen molar-refractivity contribution in [3.63, 3.8) is 0 Å². The third-order valence-corrected chi connectivity index (χ3v) is 3.51. The van der Waals surface area contributed by atoms with Gasteiger partial charge in [0.25, 0.3) is 0 Å². The van der Waals surface area contributed by atoms with Crippen LogP contribution in [0.4, 0.5) is 0 Å². The van der Waals surface area contributed by atoms with Crippen molar-refractivity contribution in [1.29, 1.82) is 0 Å². The van der Waals surface area contributed by atoms with Crippen molar-refractivity contribution in [2.24, 2.45) is 0 Å². The molecule has 0 radical (unpaired) electrons. The third kappa shape index (κ3) is 2.30. The van der Waals surface area contributed by atoms with Gasteiger partial charge in [-0.3, -0.25) is 14.8 Å². The molecule has 0 spiro atoms. The summed E-state index contributed by atoms with van der Waals surface area (Å²) in [4.78, 5) is 22.6. The van der Waals surface area contributed by atoms with E-state index in [0.29, 0.717) is 13.1 Å². The number of hydrogen-bond acceptors (Lipinski definition) is 5. The number of furan rings is 1. The topological polar surface area (TPSA) is 71.3 Å². The predicted octanol–water partition coefficient (Wildman–Crippen LogP) is 0.915. The minimum absolute atomic E-state index is 0.00635. The highest BCUT2D eigenvalue weighted by Crippen LogP contribution is 2.26. The van der Waals surface area contributed by atoms with Gasteiger partial charge in [-0.15, -0.1) is 0 Å². The zero-order valence-corrected chi connectivity index (χ0v) is 11.2. The molecular formula is C14H16N4O2. The smallest absolute Gasteiger partial charge is 0.247 e. The second-order valence-corrected chi connectivity index (χ2v) is 4.74. The summed E-state index contributed by atoms with van der Waals surface area (Å²) in [5, 5.41) is 3.03. The number of carbonyl (C=O) groups excluding carboxylic acids is 1. The van der Waals surface area contributed by atoms with Gasteiger partial charge < -0.3 is 14.6 Å². The second kappa shape index (κ2) is 5.42. The van der Waals surface area contributed by atoms with E-state index in [-0.39, 0.29) is 5.91 Å². The fourth-order valence-corrected chi connectivity index (χ4v) is 2.49. The van der Waals surface area contributed by atoms with Gasteiger partial charge in [0.1, 0.15) is 11.8 Å². The van der Waals surface area contributed by atoms with Crippen LogP contribution in [0.2, 0.25) is 0 Å². The van der Waals surface area contributed by atoms with Gasteiger partial charge in [0.2, 0.25) is 5.91 Å². The van der Waals surface area contributed by atoms with Gasteiger partial charge in [-0.25, -0.2) is 0 Å². The normalized spacial score (nSPS) is 18.8. The zero-order valence-electron chi connectivity index (χ0n) is 11.2. The van der Waals surface area contributed by atoms with Crippen LogP contribution in [0.5, 0.6) is 0 Å². The van der Waals surface area contributed by atoms with Gasteiger partial charge >= 0.3 is 0 Å². The Labute approximate surface area is 116 Å². The number of nitrogens with zero attached hydrogens (tertiary/aromatic N) is 3. The summed E-state index contributed by atoms with van der Waals surface area (Å²) in [7, 11) is 1.76. The number of carbonyl (C=O) groups is 1. The van der Waals surface area contributed by atoms with E-state index in [1.54, 1.807) is 36.8 Å². The van der Waals surface area contributed by atoms with Crippen LogP contribution in [0, 0.1) is 0 Å². The quantitative estimate of drug-likeness (QED) is 0.899. The molecule has 2 aromatic heterocycles. The molecule has 1 atom stereocenters. The average molecular weight is 272 g/mol. The van der Waals surface area contributed by atoms with Crippen molar-refractivity contribution >= 4 is 5.91 Å². The lowest BCUT2D eigenvalue weighted by Gasteiger charge is -2.23. The average Bonchev–Trinajstić information content (AvgIpc) is 2.89. The first-order chi connectivity index (χ1) is 9.79. The number of likely N-dealkylation sites (N-methyl/N-ethyl adjacent to an activating group) is 1. The Bertz CT molecular complexity index is 596. The highest BCUT2D eigenvalue weighted by atomic mass is 16.3. The van der Waals surface area contributed by atoms with Gasteiger partial charge in [-0.05, 0) is 25.1 Å². The SMILES string of the molecule is CNC1C(=O)N(Cc2cnccn2)CCc2ccoc21. The molecule has 0 saturated heterocycles. The van der Waals surface area contributed by atoms with Gasteiger partial charge in [-0.2, -0.15) is 0 Å². The molecule has 6 nitrogen and oxygen atoms in total. The molecule has 0 saturated carbocycles. The molecule has 0 aromatic carbocycles. The summed E-state index contributed by atoms with van der Waals surface area (Å²) in [6.07, 6.45) is 7.37. The van der Waals surface area contributed by atoms with E-state index in [1.807, 2.05) is 6.07 Å². The highest BCUT2D eigenvalue weighted by Gasteiger charge is 2.32. The van der Waals surface area contributed by atoms with E-state index in [0.717, 1.165) is 23.4 Å². The largest absolute Gasteiger partial charge is 0.467 e. The van der Waals surface area contributed by atoms with E-state index in [4.69, 9.17) is 4.42 Å². The Morgan fingerprint density at radius 3 is 3.15 bits per heavy atom. The molecule has 1 N–H and O–H groups in total. The van der Waals surface area contributed by atoms with E-state index < -0.39 is 6.04 Å². The first kappa shape index (κ1) is 12.8. The monoisotopic (exact) mass is 272 g/mol. The van der Waals surface area contributed by atoms with Crippen molar-refractivity contribution in [2.75, 3.05) is 13.6 Å². The van der Waals surface area contributed by atoms with Crippen LogP contribution in [-0.2, 0) is 17.8 Å². The lowest BCUT2D eigenvalue weighted by atomic mass is 10.1. The fraction of sp³-hybridized carbons (Fsp3) is 0.357. The minimum atomic E-state index is -0.431. The number of rotatable bonds is 3. The Hall–Kier alpha value is -2.21. The van der Waals surface area contributed by atoms with Crippen LogP contribution in [0.25, 0.3) is 0 Å². The lowest BCUT2D eigenvalue weighted by Crippen LogP contribution is -2.38. The van der Waals surface area contributed by atoms with Gasteiger partial charge in [-0.1, -0.05) is 0 Å². The van der Waals surface area contributed by atoms with Crippen molar-refractivity contribution in [2.45, 2.75) is 19.0 Å². The van der Waals surface area contributed by atoms with Crippen molar-refractivity contribution in [1.82, 2.24) is 20.2 Å². The Morgan fingerprint density at radius 2 is 2.40 bits per heavy atom. The van der Waals surface area contributed by atoms with Gasteiger partial charge in [0.05, 0.1) is 24.7 Å². The van der Waals surface area contributed by atoms with Crippen molar-refractivity contribution < 1.29 is 9.21 Å². The Morgan fingerprint density at radius 1 is 1.50 bits per heavy atom.